The summed E-state index contributed by atoms with van der Waals surface area (Å²) in [4.78, 5) is 28.8. The number of urea groups is 1. The van der Waals surface area contributed by atoms with Crippen molar-refractivity contribution in [2.75, 3.05) is 33.3 Å². The first-order chi connectivity index (χ1) is 13.7. The molecule has 0 aliphatic carbocycles. The van der Waals surface area contributed by atoms with Gasteiger partial charge >= 0.3 is 18.2 Å². The Kier molecular flexibility index (Phi) is 6.16. The lowest BCUT2D eigenvalue weighted by atomic mass is 9.91. The second-order valence-corrected chi connectivity index (χ2v) is 7.09. The normalized spacial score (nSPS) is 20.8. The Labute approximate surface area is 167 Å². The molecule has 1 saturated heterocycles. The summed E-state index contributed by atoms with van der Waals surface area (Å²) in [5, 5.41) is 2.55. The summed E-state index contributed by atoms with van der Waals surface area (Å²) in [5.74, 6) is -0.726. The Hall–Kier alpha value is -2.55. The third-order valence-electron chi connectivity index (χ3n) is 5.22. The lowest BCUT2D eigenvalue weighted by Gasteiger charge is -2.36. The third-order valence-corrected chi connectivity index (χ3v) is 5.22. The van der Waals surface area contributed by atoms with Crippen molar-refractivity contribution in [3.05, 3.63) is 46.7 Å². The fourth-order valence-corrected chi connectivity index (χ4v) is 3.79. The van der Waals surface area contributed by atoms with E-state index in [1.807, 2.05) is 0 Å². The van der Waals surface area contributed by atoms with Gasteiger partial charge in [-0.3, -0.25) is 9.80 Å². The molecule has 2 aliphatic rings. The number of ether oxygens (including phenoxy) is 1. The van der Waals surface area contributed by atoms with Gasteiger partial charge in [0.25, 0.3) is 0 Å². The van der Waals surface area contributed by atoms with Crippen LogP contribution in [-0.2, 0) is 15.7 Å². The largest absolute Gasteiger partial charge is 0.463 e. The van der Waals surface area contributed by atoms with Crippen molar-refractivity contribution >= 4 is 12.0 Å². The molecule has 2 aliphatic heterocycles. The standard InChI is InChI=1S/C20H24F3N3O3/c1-3-29-18(27)16-15(12-26-10-6-7-11-26)25(2)19(28)24-17(16)13-8-4-5-9-14(13)20(21,22)23/h4-5,8-9,17H,3,6-7,10-12H2,1-2H3,(H,24,28). The molecule has 1 N–H and O–H groups in total. The van der Waals surface area contributed by atoms with E-state index in [0.717, 1.165) is 32.0 Å². The fourth-order valence-electron chi connectivity index (χ4n) is 3.79. The van der Waals surface area contributed by atoms with E-state index >= 15 is 0 Å². The van der Waals surface area contributed by atoms with E-state index in [-0.39, 0.29) is 17.7 Å². The molecule has 2 heterocycles. The first-order valence-electron chi connectivity index (χ1n) is 9.57. The Morgan fingerprint density at radius 2 is 1.90 bits per heavy atom. The number of carbonyl (C=O) groups is 2. The lowest BCUT2D eigenvalue weighted by Crippen LogP contribution is -2.49. The number of halogens is 3. The Bertz CT molecular complexity index is 817. The highest BCUT2D eigenvalue weighted by Crippen LogP contribution is 2.39. The Balaban J connectivity index is 2.15. The molecule has 2 amide bonds. The maximum atomic E-state index is 13.6. The van der Waals surface area contributed by atoms with Crippen LogP contribution in [0.15, 0.2) is 35.5 Å². The minimum absolute atomic E-state index is 0.0394. The zero-order chi connectivity index (χ0) is 21.2. The fraction of sp³-hybridized carbons (Fsp3) is 0.500. The predicted octanol–water partition coefficient (Wildman–Crippen LogP) is 3.31. The number of nitrogens with one attached hydrogen (secondary N) is 1. The topological polar surface area (TPSA) is 61.9 Å². The van der Waals surface area contributed by atoms with Gasteiger partial charge < -0.3 is 10.1 Å². The number of alkyl halides is 3. The summed E-state index contributed by atoms with van der Waals surface area (Å²) in [6.45, 7) is 3.60. The molecule has 158 valence electrons. The van der Waals surface area contributed by atoms with Crippen molar-refractivity contribution in [2.24, 2.45) is 0 Å². The zero-order valence-corrected chi connectivity index (χ0v) is 16.4. The monoisotopic (exact) mass is 411 g/mol. The van der Waals surface area contributed by atoms with Crippen molar-refractivity contribution in [1.29, 1.82) is 0 Å². The van der Waals surface area contributed by atoms with E-state index in [9.17, 15) is 22.8 Å². The van der Waals surface area contributed by atoms with Gasteiger partial charge in [-0.05, 0) is 44.5 Å². The van der Waals surface area contributed by atoms with Gasteiger partial charge in [-0.1, -0.05) is 18.2 Å². The van der Waals surface area contributed by atoms with Gasteiger partial charge in [0.2, 0.25) is 0 Å². The quantitative estimate of drug-likeness (QED) is 0.756. The number of likely N-dealkylation sites (N-methyl/N-ethyl adjacent to an activating group) is 1. The first-order valence-corrected chi connectivity index (χ1v) is 9.57. The van der Waals surface area contributed by atoms with Gasteiger partial charge in [-0.2, -0.15) is 13.2 Å². The van der Waals surface area contributed by atoms with Crippen molar-refractivity contribution in [2.45, 2.75) is 32.0 Å². The van der Waals surface area contributed by atoms with Crippen LogP contribution in [0.2, 0.25) is 0 Å². The molecule has 1 aromatic rings. The van der Waals surface area contributed by atoms with Crippen LogP contribution < -0.4 is 5.32 Å². The van der Waals surface area contributed by atoms with Crippen molar-refractivity contribution in [3.63, 3.8) is 0 Å². The molecule has 1 atom stereocenters. The van der Waals surface area contributed by atoms with Gasteiger partial charge in [0.1, 0.15) is 0 Å². The van der Waals surface area contributed by atoms with Crippen LogP contribution in [0, 0.1) is 0 Å². The molecule has 3 rings (SSSR count). The Morgan fingerprint density at radius 3 is 2.52 bits per heavy atom. The second kappa shape index (κ2) is 8.44. The molecule has 0 radical (unpaired) electrons. The number of hydrogen-bond acceptors (Lipinski definition) is 4. The first kappa shape index (κ1) is 21.2. The SMILES string of the molecule is CCOC(=O)C1=C(CN2CCCC2)N(C)C(=O)NC1c1ccccc1C(F)(F)F. The maximum Gasteiger partial charge on any atom is 0.416 e. The number of esters is 1. The highest BCUT2D eigenvalue weighted by molar-refractivity contribution is 5.95. The number of amides is 2. The highest BCUT2D eigenvalue weighted by Gasteiger charge is 2.42. The van der Waals surface area contributed by atoms with Crippen LogP contribution in [0.25, 0.3) is 0 Å². The molecule has 0 bridgehead atoms. The van der Waals surface area contributed by atoms with E-state index in [1.165, 1.54) is 30.1 Å². The number of carbonyl (C=O) groups excluding carboxylic acids is 2. The van der Waals surface area contributed by atoms with Crippen molar-refractivity contribution in [3.8, 4) is 0 Å². The van der Waals surface area contributed by atoms with E-state index in [4.69, 9.17) is 4.74 Å². The minimum Gasteiger partial charge on any atom is -0.463 e. The highest BCUT2D eigenvalue weighted by atomic mass is 19.4. The predicted molar refractivity (Wildman–Crippen MR) is 99.8 cm³/mol. The second-order valence-electron chi connectivity index (χ2n) is 7.09. The van der Waals surface area contributed by atoms with E-state index in [1.54, 1.807) is 6.92 Å². The Morgan fingerprint density at radius 1 is 1.24 bits per heavy atom. The van der Waals surface area contributed by atoms with Crippen LogP contribution in [0.1, 0.15) is 36.9 Å². The molecule has 9 heteroatoms. The molecule has 0 spiro atoms. The van der Waals surface area contributed by atoms with Crippen LogP contribution >= 0.6 is 0 Å². The molecule has 29 heavy (non-hydrogen) atoms. The summed E-state index contributed by atoms with van der Waals surface area (Å²) in [6, 6.07) is 3.16. The number of hydrogen-bond donors (Lipinski definition) is 1. The molecule has 0 saturated carbocycles. The molecule has 1 aromatic carbocycles. The molecule has 0 aromatic heterocycles. The van der Waals surface area contributed by atoms with E-state index < -0.39 is 29.8 Å². The van der Waals surface area contributed by atoms with Crippen LogP contribution in [0.3, 0.4) is 0 Å². The van der Waals surface area contributed by atoms with Gasteiger partial charge in [-0.15, -0.1) is 0 Å². The summed E-state index contributed by atoms with van der Waals surface area (Å²) in [7, 11) is 1.51. The van der Waals surface area contributed by atoms with Crippen molar-refractivity contribution < 1.29 is 27.5 Å². The summed E-state index contributed by atoms with van der Waals surface area (Å²) in [6.07, 6.45) is -2.63. The molecule has 6 nitrogen and oxygen atoms in total. The smallest absolute Gasteiger partial charge is 0.416 e. The van der Waals surface area contributed by atoms with Crippen LogP contribution in [0.5, 0.6) is 0 Å². The maximum absolute atomic E-state index is 13.6. The molecular formula is C20H24F3N3O3. The molecule has 1 fully saturated rings. The van der Waals surface area contributed by atoms with Gasteiger partial charge in [0, 0.05) is 19.3 Å². The summed E-state index contributed by atoms with van der Waals surface area (Å²) < 4.78 is 46.0. The van der Waals surface area contributed by atoms with Crippen LogP contribution in [-0.4, -0.2) is 55.1 Å². The number of rotatable bonds is 5. The number of nitrogens with zero attached hydrogens (tertiary/aromatic N) is 2. The average molecular weight is 411 g/mol. The lowest BCUT2D eigenvalue weighted by molar-refractivity contribution is -0.141. The van der Waals surface area contributed by atoms with Crippen LogP contribution in [0.4, 0.5) is 18.0 Å². The van der Waals surface area contributed by atoms with Gasteiger partial charge in [0.15, 0.2) is 0 Å². The van der Waals surface area contributed by atoms with Gasteiger partial charge in [0.05, 0.1) is 23.8 Å². The third kappa shape index (κ3) is 4.39. The summed E-state index contributed by atoms with van der Waals surface area (Å²) in [5.41, 5.74) is -0.658. The molecule has 1 unspecified atom stereocenters. The summed E-state index contributed by atoms with van der Waals surface area (Å²) >= 11 is 0. The number of likely N-dealkylation sites (tertiary alicyclic amines) is 1. The number of benzene rings is 1. The zero-order valence-electron chi connectivity index (χ0n) is 16.4. The van der Waals surface area contributed by atoms with E-state index in [0.29, 0.717) is 12.2 Å². The average Bonchev–Trinajstić information content (AvgIpc) is 3.18. The van der Waals surface area contributed by atoms with Crippen molar-refractivity contribution in [1.82, 2.24) is 15.1 Å². The van der Waals surface area contributed by atoms with E-state index in [2.05, 4.69) is 10.2 Å². The van der Waals surface area contributed by atoms with Gasteiger partial charge in [-0.25, -0.2) is 9.59 Å². The minimum atomic E-state index is -4.63. The molecular weight excluding hydrogens is 387 g/mol.